The highest BCUT2D eigenvalue weighted by atomic mass is 16.7. The van der Waals surface area contributed by atoms with E-state index in [0.29, 0.717) is 0 Å². The maximum Gasteiger partial charge on any atom is 0.494 e. The summed E-state index contributed by atoms with van der Waals surface area (Å²) in [5.41, 5.74) is 8.28. The second-order valence-electron chi connectivity index (χ2n) is 10.1. The molecule has 0 aromatic heterocycles. The molecule has 1 fully saturated rings. The summed E-state index contributed by atoms with van der Waals surface area (Å²) in [7, 11) is -0.339. The van der Waals surface area contributed by atoms with Gasteiger partial charge in [0.1, 0.15) is 0 Å². The van der Waals surface area contributed by atoms with Gasteiger partial charge in [-0.2, -0.15) is 0 Å². The van der Waals surface area contributed by atoms with Crippen molar-refractivity contribution in [3.05, 3.63) is 77.9 Å². The molecule has 0 bridgehead atoms. The van der Waals surface area contributed by atoms with Gasteiger partial charge in [0.2, 0.25) is 0 Å². The Morgan fingerprint density at radius 1 is 0.633 bits per heavy atom. The van der Waals surface area contributed by atoms with Crippen molar-refractivity contribution in [3.8, 4) is 22.3 Å². The van der Waals surface area contributed by atoms with Gasteiger partial charge in [-0.1, -0.05) is 80.6 Å². The number of hydrogen-bond donors (Lipinski definition) is 0. The van der Waals surface area contributed by atoms with Crippen LogP contribution in [0.3, 0.4) is 0 Å². The average Bonchev–Trinajstić information content (AvgIpc) is 3.08. The normalized spacial score (nSPS) is 20.1. The molecule has 0 saturated carbocycles. The Morgan fingerprint density at radius 3 is 1.97 bits per heavy atom. The lowest BCUT2D eigenvalue weighted by atomic mass is 9.74. The largest absolute Gasteiger partial charge is 0.494 e. The van der Waals surface area contributed by atoms with Gasteiger partial charge in [-0.05, 0) is 66.5 Å². The molecule has 152 valence electrons. The molecule has 1 aliphatic heterocycles. The van der Waals surface area contributed by atoms with E-state index in [9.17, 15) is 0 Å². The second kappa shape index (κ2) is 6.32. The van der Waals surface area contributed by atoms with E-state index in [-0.39, 0.29) is 23.7 Å². The predicted molar refractivity (Wildman–Crippen MR) is 125 cm³/mol. The van der Waals surface area contributed by atoms with E-state index in [0.717, 1.165) is 5.46 Å². The third kappa shape index (κ3) is 2.72. The maximum absolute atomic E-state index is 6.33. The summed E-state index contributed by atoms with van der Waals surface area (Å²) in [5.74, 6) is 0. The molecule has 0 amide bonds. The third-order valence-corrected chi connectivity index (χ3v) is 7.33. The Morgan fingerprint density at radius 2 is 1.30 bits per heavy atom. The van der Waals surface area contributed by atoms with Crippen molar-refractivity contribution in [1.29, 1.82) is 0 Å². The first kappa shape index (κ1) is 19.6. The zero-order valence-electron chi connectivity index (χ0n) is 18.7. The standard InChI is InChI=1S/C27H29BO2/c1-25(2)22-14-10-13-20(18-11-8-7-9-12-18)24(22)21-16-15-19(17-23(21)25)28-29-26(3,4)27(5,6)30-28/h7-17H,1-6H3. The lowest BCUT2D eigenvalue weighted by Gasteiger charge is -2.32. The molecule has 5 rings (SSSR count). The number of benzene rings is 3. The zero-order valence-corrected chi connectivity index (χ0v) is 18.7. The minimum Gasteiger partial charge on any atom is -0.399 e. The molecular weight excluding hydrogens is 367 g/mol. The highest BCUT2D eigenvalue weighted by Gasteiger charge is 2.52. The summed E-state index contributed by atoms with van der Waals surface area (Å²) in [6.45, 7) is 13.1. The molecule has 0 unspecified atom stereocenters. The van der Waals surface area contributed by atoms with Gasteiger partial charge in [0.15, 0.2) is 0 Å². The van der Waals surface area contributed by atoms with Crippen LogP contribution >= 0.6 is 0 Å². The molecule has 0 N–H and O–H groups in total. The van der Waals surface area contributed by atoms with Crippen LogP contribution in [0.15, 0.2) is 66.7 Å². The average molecular weight is 396 g/mol. The molecule has 2 aliphatic rings. The van der Waals surface area contributed by atoms with E-state index >= 15 is 0 Å². The molecule has 3 aromatic rings. The Balaban J connectivity index is 1.64. The first-order valence-corrected chi connectivity index (χ1v) is 10.8. The fraction of sp³-hybridized carbons (Fsp3) is 0.333. The lowest BCUT2D eigenvalue weighted by Crippen LogP contribution is -2.41. The Bertz CT molecular complexity index is 1110. The molecule has 30 heavy (non-hydrogen) atoms. The molecule has 0 spiro atoms. The maximum atomic E-state index is 6.33. The Hall–Kier alpha value is -2.36. The van der Waals surface area contributed by atoms with Gasteiger partial charge in [-0.15, -0.1) is 0 Å². The highest BCUT2D eigenvalue weighted by Crippen LogP contribution is 2.51. The smallest absolute Gasteiger partial charge is 0.399 e. The van der Waals surface area contributed by atoms with Crippen molar-refractivity contribution < 1.29 is 9.31 Å². The van der Waals surface area contributed by atoms with Gasteiger partial charge in [0.05, 0.1) is 11.2 Å². The van der Waals surface area contributed by atoms with E-state index in [1.807, 2.05) is 0 Å². The van der Waals surface area contributed by atoms with Crippen LogP contribution in [0.1, 0.15) is 52.7 Å². The van der Waals surface area contributed by atoms with Crippen molar-refractivity contribution in [3.63, 3.8) is 0 Å². The highest BCUT2D eigenvalue weighted by molar-refractivity contribution is 6.62. The first-order valence-electron chi connectivity index (χ1n) is 10.8. The summed E-state index contributed by atoms with van der Waals surface area (Å²) >= 11 is 0. The molecule has 0 atom stereocenters. The summed E-state index contributed by atoms with van der Waals surface area (Å²) < 4.78 is 12.7. The molecule has 0 radical (unpaired) electrons. The van der Waals surface area contributed by atoms with Crippen LogP contribution in [0.2, 0.25) is 0 Å². The SMILES string of the molecule is CC1(C)c2cc(B3OC(C)(C)C(C)(C)O3)ccc2-c2c(-c3ccccc3)cccc21. The number of fused-ring (bicyclic) bond motifs is 3. The van der Waals surface area contributed by atoms with Gasteiger partial charge in [-0.25, -0.2) is 0 Å². The van der Waals surface area contributed by atoms with Crippen molar-refractivity contribution in [2.45, 2.75) is 58.2 Å². The second-order valence-corrected chi connectivity index (χ2v) is 10.1. The third-order valence-electron chi connectivity index (χ3n) is 7.33. The molecule has 3 aromatic carbocycles. The van der Waals surface area contributed by atoms with Gasteiger partial charge >= 0.3 is 7.12 Å². The lowest BCUT2D eigenvalue weighted by molar-refractivity contribution is 0.00578. The van der Waals surface area contributed by atoms with Gasteiger partial charge in [-0.3, -0.25) is 0 Å². The van der Waals surface area contributed by atoms with Crippen molar-refractivity contribution in [1.82, 2.24) is 0 Å². The minimum atomic E-state index is -0.339. The summed E-state index contributed by atoms with van der Waals surface area (Å²) in [4.78, 5) is 0. The van der Waals surface area contributed by atoms with E-state index in [1.165, 1.54) is 33.4 Å². The first-order chi connectivity index (χ1) is 14.1. The van der Waals surface area contributed by atoms with Crippen molar-refractivity contribution in [2.75, 3.05) is 0 Å². The summed E-state index contributed by atoms with van der Waals surface area (Å²) in [6.07, 6.45) is 0. The molecule has 3 heteroatoms. The molecule has 1 heterocycles. The van der Waals surface area contributed by atoms with Crippen LogP contribution in [-0.2, 0) is 14.7 Å². The zero-order chi connectivity index (χ0) is 21.3. The van der Waals surface area contributed by atoms with Crippen LogP contribution in [0.4, 0.5) is 0 Å². The minimum absolute atomic E-state index is 0.0743. The summed E-state index contributed by atoms with van der Waals surface area (Å²) in [5, 5.41) is 0. The number of rotatable bonds is 2. The van der Waals surface area contributed by atoms with Crippen LogP contribution in [-0.4, -0.2) is 18.3 Å². The predicted octanol–water partition coefficient (Wildman–Crippen LogP) is 5.96. The fourth-order valence-electron chi connectivity index (χ4n) is 4.79. The Kier molecular flexibility index (Phi) is 4.13. The monoisotopic (exact) mass is 396 g/mol. The van der Waals surface area contributed by atoms with E-state index in [1.54, 1.807) is 0 Å². The van der Waals surface area contributed by atoms with E-state index in [2.05, 4.69) is 108 Å². The van der Waals surface area contributed by atoms with E-state index < -0.39 is 0 Å². The van der Waals surface area contributed by atoms with Crippen LogP contribution in [0, 0.1) is 0 Å². The van der Waals surface area contributed by atoms with Gasteiger partial charge in [0, 0.05) is 5.41 Å². The van der Waals surface area contributed by atoms with Gasteiger partial charge in [0.25, 0.3) is 0 Å². The fourth-order valence-corrected chi connectivity index (χ4v) is 4.79. The topological polar surface area (TPSA) is 18.5 Å². The van der Waals surface area contributed by atoms with Crippen molar-refractivity contribution in [2.24, 2.45) is 0 Å². The Labute approximate surface area is 180 Å². The van der Waals surface area contributed by atoms with Crippen molar-refractivity contribution >= 4 is 12.6 Å². The molecule has 1 aliphatic carbocycles. The van der Waals surface area contributed by atoms with Gasteiger partial charge < -0.3 is 9.31 Å². The van der Waals surface area contributed by atoms with Crippen LogP contribution in [0.25, 0.3) is 22.3 Å². The molecule has 1 saturated heterocycles. The van der Waals surface area contributed by atoms with E-state index in [4.69, 9.17) is 9.31 Å². The van der Waals surface area contributed by atoms with Crippen LogP contribution in [0.5, 0.6) is 0 Å². The van der Waals surface area contributed by atoms with Crippen LogP contribution < -0.4 is 5.46 Å². The number of hydrogen-bond acceptors (Lipinski definition) is 2. The molecular formula is C27H29BO2. The molecule has 2 nitrogen and oxygen atoms in total. The summed E-state index contributed by atoms with van der Waals surface area (Å²) in [6, 6.07) is 24.1. The quantitative estimate of drug-likeness (QED) is 0.498.